The second kappa shape index (κ2) is 8.02. The fraction of sp³-hybridized carbons (Fsp3) is 0.235. The Balaban J connectivity index is 1.68. The van der Waals surface area contributed by atoms with Gasteiger partial charge in [0, 0.05) is 15.7 Å². The van der Waals surface area contributed by atoms with E-state index in [1.54, 1.807) is 0 Å². The van der Waals surface area contributed by atoms with Crippen molar-refractivity contribution in [2.75, 3.05) is 11.9 Å². The van der Waals surface area contributed by atoms with Gasteiger partial charge in [-0.1, -0.05) is 12.1 Å². The average Bonchev–Trinajstić information content (AvgIpc) is 2.46. The van der Waals surface area contributed by atoms with Gasteiger partial charge in [-0.15, -0.1) is 0 Å². The number of carbonyl (C=O) groups excluding carboxylic acids is 1. The third-order valence-electron chi connectivity index (χ3n) is 2.93. The van der Waals surface area contributed by atoms with Gasteiger partial charge in [-0.2, -0.15) is 0 Å². The molecule has 0 unspecified atom stereocenters. The van der Waals surface area contributed by atoms with Crippen LogP contribution in [0.3, 0.4) is 0 Å². The smallest absolute Gasteiger partial charge is 0.224 e. The Kier molecular flexibility index (Phi) is 6.04. The molecule has 4 heteroatoms. The molecule has 0 bridgehead atoms. The molecule has 0 aliphatic carbocycles. The quantitative estimate of drug-likeness (QED) is 0.582. The van der Waals surface area contributed by atoms with E-state index in [0.29, 0.717) is 19.4 Å². The number of ether oxygens (including phenoxy) is 1. The summed E-state index contributed by atoms with van der Waals surface area (Å²) < 4.78 is 6.77. The van der Waals surface area contributed by atoms with E-state index in [9.17, 15) is 4.79 Å². The lowest BCUT2D eigenvalue weighted by Crippen LogP contribution is -2.12. The van der Waals surface area contributed by atoms with Crippen molar-refractivity contribution in [3.05, 3.63) is 57.7 Å². The molecule has 0 saturated heterocycles. The molecule has 0 heterocycles. The summed E-state index contributed by atoms with van der Waals surface area (Å²) in [6, 6.07) is 15.7. The number of hydrogen-bond donors (Lipinski definition) is 1. The molecule has 0 aliphatic rings. The highest BCUT2D eigenvalue weighted by Crippen LogP contribution is 2.13. The van der Waals surface area contributed by atoms with Gasteiger partial charge in [0.05, 0.1) is 6.61 Å². The van der Waals surface area contributed by atoms with Crippen LogP contribution < -0.4 is 10.1 Å². The van der Waals surface area contributed by atoms with Crippen LogP contribution in [0.2, 0.25) is 0 Å². The molecular weight excluding hydrogens is 377 g/mol. The molecule has 0 spiro atoms. The van der Waals surface area contributed by atoms with Crippen molar-refractivity contribution >= 4 is 34.2 Å². The SMILES string of the molecule is Cc1cccc(OCCCC(=O)Nc2ccc(I)cc2)c1. The van der Waals surface area contributed by atoms with E-state index in [1.165, 1.54) is 5.56 Å². The summed E-state index contributed by atoms with van der Waals surface area (Å²) in [6.45, 7) is 2.57. The monoisotopic (exact) mass is 395 g/mol. The molecule has 2 aromatic carbocycles. The van der Waals surface area contributed by atoms with E-state index in [1.807, 2.05) is 55.5 Å². The minimum Gasteiger partial charge on any atom is -0.494 e. The molecular formula is C17H18INO2. The number of anilines is 1. The number of benzene rings is 2. The van der Waals surface area contributed by atoms with E-state index in [-0.39, 0.29) is 5.91 Å². The number of nitrogens with one attached hydrogen (secondary N) is 1. The van der Waals surface area contributed by atoms with Gasteiger partial charge in [-0.05, 0) is 77.9 Å². The Morgan fingerprint density at radius 3 is 2.67 bits per heavy atom. The van der Waals surface area contributed by atoms with E-state index in [0.717, 1.165) is 15.0 Å². The summed E-state index contributed by atoms with van der Waals surface area (Å²) in [5.74, 6) is 0.872. The lowest BCUT2D eigenvalue weighted by molar-refractivity contribution is -0.116. The summed E-state index contributed by atoms with van der Waals surface area (Å²) in [7, 11) is 0. The molecule has 1 amide bonds. The van der Waals surface area contributed by atoms with Crippen molar-refractivity contribution in [3.63, 3.8) is 0 Å². The Morgan fingerprint density at radius 2 is 1.95 bits per heavy atom. The molecule has 21 heavy (non-hydrogen) atoms. The van der Waals surface area contributed by atoms with Gasteiger partial charge in [-0.3, -0.25) is 4.79 Å². The van der Waals surface area contributed by atoms with Gasteiger partial charge in [-0.25, -0.2) is 0 Å². The lowest BCUT2D eigenvalue weighted by atomic mass is 10.2. The van der Waals surface area contributed by atoms with E-state index in [4.69, 9.17) is 4.74 Å². The Bertz CT molecular complexity index is 596. The van der Waals surface area contributed by atoms with Crippen LogP contribution in [0.25, 0.3) is 0 Å². The Morgan fingerprint density at radius 1 is 1.19 bits per heavy atom. The third-order valence-corrected chi connectivity index (χ3v) is 3.65. The van der Waals surface area contributed by atoms with Gasteiger partial charge in [0.1, 0.15) is 5.75 Å². The van der Waals surface area contributed by atoms with Crippen LogP contribution in [-0.4, -0.2) is 12.5 Å². The fourth-order valence-corrected chi connectivity index (χ4v) is 2.24. The van der Waals surface area contributed by atoms with Crippen LogP contribution in [-0.2, 0) is 4.79 Å². The summed E-state index contributed by atoms with van der Waals surface area (Å²) >= 11 is 2.24. The standard InChI is InChI=1S/C17H18INO2/c1-13-4-2-5-16(12-13)21-11-3-6-17(20)19-15-9-7-14(18)8-10-15/h2,4-5,7-10,12H,3,6,11H2,1H3,(H,19,20). The predicted octanol–water partition coefficient (Wildman–Crippen LogP) is 4.40. The Hall–Kier alpha value is -1.56. The molecule has 0 radical (unpaired) electrons. The van der Waals surface area contributed by atoms with Crippen LogP contribution in [0.5, 0.6) is 5.75 Å². The van der Waals surface area contributed by atoms with E-state index < -0.39 is 0 Å². The second-order valence-corrected chi connectivity index (χ2v) is 6.07. The first-order chi connectivity index (χ1) is 10.1. The molecule has 110 valence electrons. The highest BCUT2D eigenvalue weighted by Gasteiger charge is 2.02. The molecule has 0 saturated carbocycles. The molecule has 0 fully saturated rings. The highest BCUT2D eigenvalue weighted by molar-refractivity contribution is 14.1. The van der Waals surface area contributed by atoms with E-state index in [2.05, 4.69) is 27.9 Å². The zero-order valence-electron chi connectivity index (χ0n) is 11.9. The summed E-state index contributed by atoms with van der Waals surface area (Å²) in [4.78, 5) is 11.8. The fourth-order valence-electron chi connectivity index (χ4n) is 1.88. The van der Waals surface area contributed by atoms with E-state index >= 15 is 0 Å². The minimum atomic E-state index is 0.0176. The van der Waals surface area contributed by atoms with Crippen LogP contribution in [0.15, 0.2) is 48.5 Å². The summed E-state index contributed by atoms with van der Waals surface area (Å²) in [6.07, 6.45) is 1.15. The summed E-state index contributed by atoms with van der Waals surface area (Å²) in [5, 5.41) is 2.88. The molecule has 2 aromatic rings. The van der Waals surface area contributed by atoms with Gasteiger partial charge < -0.3 is 10.1 Å². The molecule has 0 aromatic heterocycles. The molecule has 0 aliphatic heterocycles. The number of rotatable bonds is 6. The lowest BCUT2D eigenvalue weighted by Gasteiger charge is -2.07. The van der Waals surface area contributed by atoms with Crippen LogP contribution >= 0.6 is 22.6 Å². The number of aryl methyl sites for hydroxylation is 1. The van der Waals surface area contributed by atoms with Crippen LogP contribution in [0.1, 0.15) is 18.4 Å². The van der Waals surface area contributed by atoms with Crippen molar-refractivity contribution in [2.24, 2.45) is 0 Å². The van der Waals surface area contributed by atoms with Crippen LogP contribution in [0, 0.1) is 10.5 Å². The van der Waals surface area contributed by atoms with Crippen molar-refractivity contribution in [1.82, 2.24) is 0 Å². The topological polar surface area (TPSA) is 38.3 Å². The van der Waals surface area contributed by atoms with Crippen molar-refractivity contribution in [3.8, 4) is 5.75 Å². The second-order valence-electron chi connectivity index (χ2n) is 4.82. The largest absolute Gasteiger partial charge is 0.494 e. The maximum absolute atomic E-state index is 11.8. The number of halogens is 1. The number of carbonyl (C=O) groups is 1. The minimum absolute atomic E-state index is 0.0176. The third kappa shape index (κ3) is 5.75. The maximum Gasteiger partial charge on any atom is 0.224 e. The first-order valence-corrected chi connectivity index (χ1v) is 7.96. The molecule has 1 N–H and O–H groups in total. The Labute approximate surface area is 138 Å². The van der Waals surface area contributed by atoms with Gasteiger partial charge >= 0.3 is 0 Å². The predicted molar refractivity (Wildman–Crippen MR) is 93.7 cm³/mol. The summed E-state index contributed by atoms with van der Waals surface area (Å²) in [5.41, 5.74) is 2.00. The zero-order chi connectivity index (χ0) is 15.1. The van der Waals surface area contributed by atoms with Crippen molar-refractivity contribution < 1.29 is 9.53 Å². The first kappa shape index (κ1) is 15.8. The first-order valence-electron chi connectivity index (χ1n) is 6.88. The normalized spacial score (nSPS) is 10.2. The number of hydrogen-bond acceptors (Lipinski definition) is 2. The van der Waals surface area contributed by atoms with Crippen molar-refractivity contribution in [2.45, 2.75) is 19.8 Å². The zero-order valence-corrected chi connectivity index (χ0v) is 14.1. The maximum atomic E-state index is 11.8. The molecule has 0 atom stereocenters. The molecule has 2 rings (SSSR count). The van der Waals surface area contributed by atoms with Crippen LogP contribution in [0.4, 0.5) is 5.69 Å². The van der Waals surface area contributed by atoms with Crippen molar-refractivity contribution in [1.29, 1.82) is 0 Å². The van der Waals surface area contributed by atoms with Gasteiger partial charge in [0.25, 0.3) is 0 Å². The average molecular weight is 395 g/mol. The van der Waals surface area contributed by atoms with Gasteiger partial charge in [0.2, 0.25) is 5.91 Å². The molecule has 3 nitrogen and oxygen atoms in total. The highest BCUT2D eigenvalue weighted by atomic mass is 127. The van der Waals surface area contributed by atoms with Gasteiger partial charge in [0.15, 0.2) is 0 Å². The number of amides is 1.